The number of hydrogen-bond donors (Lipinski definition) is 0. The maximum atomic E-state index is 13.0. The zero-order valence-electron chi connectivity index (χ0n) is 18.6. The number of methoxy groups -OCH3 is 1. The molecule has 3 aromatic rings. The van der Waals surface area contributed by atoms with E-state index in [1.54, 1.807) is 11.3 Å². The number of carbonyl (C=O) groups is 2. The van der Waals surface area contributed by atoms with Gasteiger partial charge in [-0.15, -0.1) is 11.3 Å². The molecule has 1 aliphatic heterocycles. The molecular formula is C23H27N5O3S. The monoisotopic (exact) mass is 453 g/mol. The quantitative estimate of drug-likeness (QED) is 0.534. The number of nitrogens with zero attached hydrogens (tertiary/aromatic N) is 5. The van der Waals surface area contributed by atoms with E-state index in [-0.39, 0.29) is 11.9 Å². The van der Waals surface area contributed by atoms with Gasteiger partial charge in [0, 0.05) is 55.4 Å². The van der Waals surface area contributed by atoms with Gasteiger partial charge in [-0.1, -0.05) is 0 Å². The highest BCUT2D eigenvalue weighted by atomic mass is 32.1. The number of ether oxygens (including phenoxy) is 1. The van der Waals surface area contributed by atoms with Crippen molar-refractivity contribution in [2.24, 2.45) is 0 Å². The van der Waals surface area contributed by atoms with E-state index in [0.717, 1.165) is 40.9 Å². The highest BCUT2D eigenvalue weighted by Crippen LogP contribution is 2.22. The van der Waals surface area contributed by atoms with Crippen LogP contribution in [0.4, 0.5) is 5.13 Å². The average Bonchev–Trinajstić information content (AvgIpc) is 3.46. The zero-order chi connectivity index (χ0) is 22.7. The number of amides is 1. The molecule has 1 saturated heterocycles. The highest BCUT2D eigenvalue weighted by Gasteiger charge is 2.23. The first-order valence-electron chi connectivity index (χ1n) is 10.6. The number of rotatable bonds is 6. The van der Waals surface area contributed by atoms with Gasteiger partial charge < -0.3 is 14.5 Å². The van der Waals surface area contributed by atoms with Crippen LogP contribution in [0.25, 0.3) is 5.69 Å². The minimum atomic E-state index is -0.230. The van der Waals surface area contributed by atoms with Gasteiger partial charge in [-0.3, -0.25) is 9.59 Å². The highest BCUT2D eigenvalue weighted by molar-refractivity contribution is 7.13. The van der Waals surface area contributed by atoms with E-state index < -0.39 is 0 Å². The molecule has 2 aromatic heterocycles. The van der Waals surface area contributed by atoms with Crippen LogP contribution in [-0.4, -0.2) is 64.8 Å². The number of thiazole rings is 1. The fourth-order valence-electron chi connectivity index (χ4n) is 4.02. The molecule has 0 bridgehead atoms. The van der Waals surface area contributed by atoms with Crippen molar-refractivity contribution in [3.05, 3.63) is 58.4 Å². The van der Waals surface area contributed by atoms with Crippen LogP contribution in [0.3, 0.4) is 0 Å². The van der Waals surface area contributed by atoms with Crippen LogP contribution in [0.2, 0.25) is 0 Å². The molecule has 32 heavy (non-hydrogen) atoms. The summed E-state index contributed by atoms with van der Waals surface area (Å²) in [6.07, 6.45) is 2.73. The van der Waals surface area contributed by atoms with Gasteiger partial charge in [-0.05, 0) is 50.1 Å². The molecule has 8 nitrogen and oxygen atoms in total. The Morgan fingerprint density at radius 1 is 1.09 bits per heavy atom. The Kier molecular flexibility index (Phi) is 6.55. The Morgan fingerprint density at radius 3 is 2.44 bits per heavy atom. The fraction of sp³-hybridized carbons (Fsp3) is 0.391. The maximum absolute atomic E-state index is 13.0. The van der Waals surface area contributed by atoms with E-state index in [2.05, 4.69) is 15.0 Å². The van der Waals surface area contributed by atoms with Crippen LogP contribution >= 0.6 is 11.3 Å². The van der Waals surface area contributed by atoms with Crippen LogP contribution in [0.5, 0.6) is 0 Å². The van der Waals surface area contributed by atoms with Gasteiger partial charge in [0.15, 0.2) is 5.13 Å². The van der Waals surface area contributed by atoms with E-state index in [9.17, 15) is 9.59 Å². The standard InChI is InChI=1S/C23H27N5O3S/c1-16-20(8-9-21(29)31-3)17(2)28(25-16)19-6-4-18(5-7-19)22(30)26-11-13-27(14-12-26)23-24-10-15-32-23/h4-7,10,15H,8-9,11-14H2,1-3H3. The van der Waals surface area contributed by atoms with Gasteiger partial charge in [0.2, 0.25) is 0 Å². The maximum Gasteiger partial charge on any atom is 0.305 e. The number of hydrogen-bond acceptors (Lipinski definition) is 7. The predicted molar refractivity (Wildman–Crippen MR) is 124 cm³/mol. The van der Waals surface area contributed by atoms with Gasteiger partial charge in [-0.25, -0.2) is 9.67 Å². The normalized spacial score (nSPS) is 14.0. The second-order valence-corrected chi connectivity index (χ2v) is 8.65. The summed E-state index contributed by atoms with van der Waals surface area (Å²) in [5.74, 6) is -0.186. The zero-order valence-corrected chi connectivity index (χ0v) is 19.4. The Hall–Kier alpha value is -3.20. The largest absolute Gasteiger partial charge is 0.469 e. The summed E-state index contributed by atoms with van der Waals surface area (Å²) >= 11 is 1.62. The van der Waals surface area contributed by atoms with E-state index in [1.807, 2.05) is 59.3 Å². The number of esters is 1. The molecule has 0 spiro atoms. The van der Waals surface area contributed by atoms with E-state index in [0.29, 0.717) is 31.5 Å². The first-order chi connectivity index (χ1) is 15.5. The summed E-state index contributed by atoms with van der Waals surface area (Å²) in [6.45, 7) is 6.88. The van der Waals surface area contributed by atoms with Gasteiger partial charge in [0.1, 0.15) is 0 Å². The Morgan fingerprint density at radius 2 is 1.81 bits per heavy atom. The first-order valence-corrected chi connectivity index (χ1v) is 11.5. The molecule has 0 N–H and O–H groups in total. The Balaban J connectivity index is 1.42. The molecule has 0 unspecified atom stereocenters. The molecule has 0 atom stereocenters. The SMILES string of the molecule is COC(=O)CCc1c(C)nn(-c2ccc(C(=O)N3CCN(c4nccs4)CC3)cc2)c1C. The molecule has 4 rings (SSSR count). The molecule has 1 amide bonds. The summed E-state index contributed by atoms with van der Waals surface area (Å²) in [4.78, 5) is 32.9. The molecule has 1 fully saturated rings. The van der Waals surface area contributed by atoms with Crippen LogP contribution in [-0.2, 0) is 16.0 Å². The molecule has 0 saturated carbocycles. The van der Waals surface area contributed by atoms with Crippen molar-refractivity contribution >= 4 is 28.3 Å². The van der Waals surface area contributed by atoms with E-state index in [1.165, 1.54) is 7.11 Å². The first kappa shape index (κ1) is 22.0. The summed E-state index contributed by atoms with van der Waals surface area (Å²) in [5, 5.41) is 7.62. The van der Waals surface area contributed by atoms with Crippen LogP contribution < -0.4 is 4.90 Å². The number of anilines is 1. The van der Waals surface area contributed by atoms with Crippen LogP contribution in [0, 0.1) is 13.8 Å². The molecule has 3 heterocycles. The molecule has 9 heteroatoms. The summed E-state index contributed by atoms with van der Waals surface area (Å²) in [5.41, 5.74) is 4.49. The number of piperazine rings is 1. The third-order valence-corrected chi connectivity index (χ3v) is 6.70. The third kappa shape index (κ3) is 4.52. The molecule has 168 valence electrons. The smallest absolute Gasteiger partial charge is 0.305 e. The lowest BCUT2D eigenvalue weighted by atomic mass is 10.1. The predicted octanol–water partition coefficient (Wildman–Crippen LogP) is 3.01. The van der Waals surface area contributed by atoms with Crippen molar-refractivity contribution in [2.45, 2.75) is 26.7 Å². The number of aryl methyl sites for hydroxylation is 1. The van der Waals surface area contributed by atoms with Crippen molar-refractivity contribution < 1.29 is 14.3 Å². The molecule has 1 aliphatic rings. The minimum Gasteiger partial charge on any atom is -0.469 e. The molecule has 1 aromatic carbocycles. The lowest BCUT2D eigenvalue weighted by molar-refractivity contribution is -0.140. The van der Waals surface area contributed by atoms with Crippen molar-refractivity contribution in [1.82, 2.24) is 19.7 Å². The fourth-order valence-corrected chi connectivity index (χ4v) is 4.71. The average molecular weight is 454 g/mol. The van der Waals surface area contributed by atoms with E-state index >= 15 is 0 Å². The van der Waals surface area contributed by atoms with Gasteiger partial charge >= 0.3 is 5.97 Å². The lowest BCUT2D eigenvalue weighted by Gasteiger charge is -2.34. The Bertz CT molecular complexity index is 1080. The minimum absolute atomic E-state index is 0.0440. The van der Waals surface area contributed by atoms with E-state index in [4.69, 9.17) is 4.74 Å². The number of aromatic nitrogens is 3. The van der Waals surface area contributed by atoms with Crippen molar-refractivity contribution in [1.29, 1.82) is 0 Å². The lowest BCUT2D eigenvalue weighted by Crippen LogP contribution is -2.48. The summed E-state index contributed by atoms with van der Waals surface area (Å²) in [7, 11) is 1.40. The second-order valence-electron chi connectivity index (χ2n) is 7.78. The second kappa shape index (κ2) is 9.52. The number of benzene rings is 1. The van der Waals surface area contributed by atoms with Gasteiger partial charge in [0.25, 0.3) is 5.91 Å². The Labute approximate surface area is 191 Å². The number of carbonyl (C=O) groups excluding carboxylic acids is 2. The van der Waals surface area contributed by atoms with Gasteiger partial charge in [0.05, 0.1) is 18.5 Å². The summed E-state index contributed by atoms with van der Waals surface area (Å²) in [6, 6.07) is 7.55. The van der Waals surface area contributed by atoms with Crippen LogP contribution in [0.1, 0.15) is 33.7 Å². The molecule has 0 radical (unpaired) electrons. The summed E-state index contributed by atoms with van der Waals surface area (Å²) < 4.78 is 6.61. The van der Waals surface area contributed by atoms with Gasteiger partial charge in [-0.2, -0.15) is 5.10 Å². The van der Waals surface area contributed by atoms with Crippen molar-refractivity contribution in [2.75, 3.05) is 38.2 Å². The van der Waals surface area contributed by atoms with Crippen molar-refractivity contribution in [3.8, 4) is 5.69 Å². The van der Waals surface area contributed by atoms with Crippen LogP contribution in [0.15, 0.2) is 35.8 Å². The topological polar surface area (TPSA) is 80.6 Å². The third-order valence-electron chi connectivity index (χ3n) is 5.86. The molecular weight excluding hydrogens is 426 g/mol. The molecule has 0 aliphatic carbocycles. The van der Waals surface area contributed by atoms with Crippen molar-refractivity contribution in [3.63, 3.8) is 0 Å².